The van der Waals surface area contributed by atoms with Gasteiger partial charge in [0.05, 0.1) is 12.7 Å². The molecule has 4 nitrogen and oxygen atoms in total. The zero-order valence-corrected chi connectivity index (χ0v) is 14.8. The zero-order chi connectivity index (χ0) is 16.4. The van der Waals surface area contributed by atoms with E-state index in [1.165, 1.54) is 25.7 Å². The molecular formula is C18H34N3O+. The monoisotopic (exact) mass is 308 g/mol. The first kappa shape index (κ1) is 18.8. The summed E-state index contributed by atoms with van der Waals surface area (Å²) < 4.78 is 0.781. The number of amides is 1. The molecule has 126 valence electrons. The second kappa shape index (κ2) is 9.67. The molecule has 0 aromatic rings. The Morgan fingerprint density at radius 1 is 1.32 bits per heavy atom. The smallest absolute Gasteiger partial charge is 0.221 e. The first-order valence-corrected chi connectivity index (χ1v) is 8.79. The molecular weight excluding hydrogens is 274 g/mol. The summed E-state index contributed by atoms with van der Waals surface area (Å²) in [7, 11) is 0. The Morgan fingerprint density at radius 2 is 2.05 bits per heavy atom. The van der Waals surface area contributed by atoms with Crippen molar-refractivity contribution < 1.29 is 9.28 Å². The van der Waals surface area contributed by atoms with E-state index < -0.39 is 0 Å². The zero-order valence-electron chi connectivity index (χ0n) is 14.8. The highest BCUT2D eigenvalue weighted by Gasteiger charge is 2.41. The van der Waals surface area contributed by atoms with E-state index in [1.54, 1.807) is 6.92 Å². The average molecular weight is 308 g/mol. The van der Waals surface area contributed by atoms with Gasteiger partial charge in [-0.1, -0.05) is 31.9 Å². The Hall–Kier alpha value is -1.29. The lowest BCUT2D eigenvalue weighted by Gasteiger charge is -2.41. The number of carbonyl (C=O) groups excluding carboxylic acids is 1. The number of rotatable bonds is 10. The molecule has 0 bridgehead atoms. The first-order chi connectivity index (χ1) is 10.6. The van der Waals surface area contributed by atoms with Gasteiger partial charge in [0.2, 0.25) is 5.91 Å². The standard InChI is InChI=1S/C18H33N3O/c1-5-7-8-9-10-11-12-13-18-19-14-15-21(18,6-2)16(3)20-17(4)22/h10-11,14-16,18-19H,5-9,12-13H2,1-4H3/p+1/b11-10+. The van der Waals surface area contributed by atoms with Crippen LogP contribution in [0.5, 0.6) is 0 Å². The SMILES string of the molecule is CCCCC/C=C/CCC1NC=C[N+]1(CC)C(C)NC(C)=O. The number of nitrogens with zero attached hydrogens (tertiary/aromatic N) is 1. The summed E-state index contributed by atoms with van der Waals surface area (Å²) in [5, 5.41) is 6.53. The van der Waals surface area contributed by atoms with Gasteiger partial charge in [-0.2, -0.15) is 0 Å². The Bertz CT molecular complexity index is 392. The van der Waals surface area contributed by atoms with Crippen LogP contribution in [0.3, 0.4) is 0 Å². The van der Waals surface area contributed by atoms with Crippen LogP contribution in [0.25, 0.3) is 0 Å². The van der Waals surface area contributed by atoms with Gasteiger partial charge in [0.1, 0.15) is 6.20 Å². The van der Waals surface area contributed by atoms with Gasteiger partial charge in [-0.15, -0.1) is 0 Å². The number of hydrogen-bond donors (Lipinski definition) is 2. The molecule has 3 atom stereocenters. The highest BCUT2D eigenvalue weighted by molar-refractivity contribution is 5.72. The summed E-state index contributed by atoms with van der Waals surface area (Å²) in [4.78, 5) is 11.4. The molecule has 1 amide bonds. The van der Waals surface area contributed by atoms with Crippen LogP contribution in [0.15, 0.2) is 24.6 Å². The van der Waals surface area contributed by atoms with E-state index in [0.29, 0.717) is 6.17 Å². The fourth-order valence-electron chi connectivity index (χ4n) is 3.27. The van der Waals surface area contributed by atoms with Crippen molar-refractivity contribution in [1.29, 1.82) is 0 Å². The van der Waals surface area contributed by atoms with Gasteiger partial charge in [-0.05, 0) is 26.2 Å². The van der Waals surface area contributed by atoms with Crippen LogP contribution in [-0.4, -0.2) is 29.3 Å². The van der Waals surface area contributed by atoms with Crippen molar-refractivity contribution in [3.8, 4) is 0 Å². The van der Waals surface area contributed by atoms with Crippen LogP contribution in [0.4, 0.5) is 0 Å². The van der Waals surface area contributed by atoms with Crippen molar-refractivity contribution in [2.24, 2.45) is 0 Å². The predicted molar refractivity (Wildman–Crippen MR) is 92.7 cm³/mol. The lowest BCUT2D eigenvalue weighted by atomic mass is 10.1. The van der Waals surface area contributed by atoms with Gasteiger partial charge in [0.25, 0.3) is 0 Å². The van der Waals surface area contributed by atoms with E-state index in [4.69, 9.17) is 0 Å². The number of allylic oxidation sites excluding steroid dienone is 2. The Balaban J connectivity index is 2.49. The van der Waals surface area contributed by atoms with Gasteiger partial charge in [0, 0.05) is 20.3 Å². The molecule has 1 aliphatic rings. The van der Waals surface area contributed by atoms with Crippen LogP contribution < -0.4 is 10.6 Å². The third-order valence-electron chi connectivity index (χ3n) is 4.65. The summed E-state index contributed by atoms with van der Waals surface area (Å²) in [5.74, 6) is 0.0355. The molecule has 2 N–H and O–H groups in total. The third kappa shape index (κ3) is 5.16. The topological polar surface area (TPSA) is 41.1 Å². The van der Waals surface area contributed by atoms with Crippen LogP contribution in [-0.2, 0) is 4.79 Å². The van der Waals surface area contributed by atoms with E-state index in [0.717, 1.165) is 23.9 Å². The number of hydrogen-bond acceptors (Lipinski definition) is 2. The molecule has 3 unspecified atom stereocenters. The lowest BCUT2D eigenvalue weighted by Crippen LogP contribution is -2.62. The van der Waals surface area contributed by atoms with Gasteiger partial charge < -0.3 is 10.6 Å². The highest BCUT2D eigenvalue weighted by atomic mass is 16.1. The third-order valence-corrected chi connectivity index (χ3v) is 4.65. The molecule has 0 saturated carbocycles. The van der Waals surface area contributed by atoms with Crippen molar-refractivity contribution in [1.82, 2.24) is 10.6 Å². The van der Waals surface area contributed by atoms with Gasteiger partial charge in [-0.25, -0.2) is 0 Å². The molecule has 1 heterocycles. The second-order valence-corrected chi connectivity index (χ2v) is 6.23. The van der Waals surface area contributed by atoms with E-state index in [-0.39, 0.29) is 12.1 Å². The molecule has 4 heteroatoms. The predicted octanol–water partition coefficient (Wildman–Crippen LogP) is 3.62. The van der Waals surface area contributed by atoms with Crippen LogP contribution in [0, 0.1) is 0 Å². The normalized spacial score (nSPS) is 25.4. The minimum absolute atomic E-state index is 0.0355. The Kier molecular flexibility index (Phi) is 8.25. The van der Waals surface area contributed by atoms with E-state index in [1.807, 2.05) is 6.20 Å². The largest absolute Gasteiger partial charge is 0.338 e. The number of nitrogens with one attached hydrogen (secondary N) is 2. The summed E-state index contributed by atoms with van der Waals surface area (Å²) in [6.07, 6.45) is 16.5. The van der Waals surface area contributed by atoms with Crippen LogP contribution in [0.2, 0.25) is 0 Å². The van der Waals surface area contributed by atoms with Crippen molar-refractivity contribution in [3.05, 3.63) is 24.6 Å². The fourth-order valence-corrected chi connectivity index (χ4v) is 3.27. The number of quaternary nitrogens is 1. The summed E-state index contributed by atoms with van der Waals surface area (Å²) >= 11 is 0. The molecule has 22 heavy (non-hydrogen) atoms. The van der Waals surface area contributed by atoms with Gasteiger partial charge in [0.15, 0.2) is 12.3 Å². The van der Waals surface area contributed by atoms with Crippen molar-refractivity contribution >= 4 is 5.91 Å². The molecule has 0 aromatic carbocycles. The Labute approximate surface area is 136 Å². The molecule has 0 aromatic heterocycles. The molecule has 0 radical (unpaired) electrons. The molecule has 0 aliphatic carbocycles. The van der Waals surface area contributed by atoms with E-state index >= 15 is 0 Å². The summed E-state index contributed by atoms with van der Waals surface area (Å²) in [5.41, 5.74) is 0. The molecule has 1 rings (SSSR count). The van der Waals surface area contributed by atoms with Crippen LogP contribution >= 0.6 is 0 Å². The maximum Gasteiger partial charge on any atom is 0.221 e. The number of carbonyl (C=O) groups is 1. The van der Waals surface area contributed by atoms with Crippen molar-refractivity contribution in [2.75, 3.05) is 6.54 Å². The number of unbranched alkanes of at least 4 members (excludes halogenated alkanes) is 3. The molecule has 0 spiro atoms. The van der Waals surface area contributed by atoms with Gasteiger partial charge >= 0.3 is 0 Å². The minimum Gasteiger partial charge on any atom is -0.338 e. The molecule has 1 aliphatic heterocycles. The maximum absolute atomic E-state index is 11.4. The highest BCUT2D eigenvalue weighted by Crippen LogP contribution is 2.25. The molecule has 0 fully saturated rings. The Morgan fingerprint density at radius 3 is 2.68 bits per heavy atom. The van der Waals surface area contributed by atoms with Crippen molar-refractivity contribution in [3.63, 3.8) is 0 Å². The summed E-state index contributed by atoms with van der Waals surface area (Å²) in [6, 6.07) is 0. The first-order valence-electron chi connectivity index (χ1n) is 8.79. The average Bonchev–Trinajstić information content (AvgIpc) is 2.90. The second-order valence-electron chi connectivity index (χ2n) is 6.23. The summed E-state index contributed by atoms with van der Waals surface area (Å²) in [6.45, 7) is 9.07. The van der Waals surface area contributed by atoms with E-state index in [2.05, 4.69) is 49.8 Å². The quantitative estimate of drug-likeness (QED) is 0.368. The maximum atomic E-state index is 11.4. The minimum atomic E-state index is 0.0355. The van der Waals surface area contributed by atoms with Crippen LogP contribution in [0.1, 0.15) is 66.2 Å². The molecule has 0 saturated heterocycles. The van der Waals surface area contributed by atoms with Gasteiger partial charge in [-0.3, -0.25) is 9.28 Å². The van der Waals surface area contributed by atoms with E-state index in [9.17, 15) is 4.79 Å². The fraction of sp³-hybridized carbons (Fsp3) is 0.722. The lowest BCUT2D eigenvalue weighted by molar-refractivity contribution is -0.923. The van der Waals surface area contributed by atoms with Crippen molar-refractivity contribution in [2.45, 2.75) is 78.6 Å².